The molecule has 0 N–H and O–H groups in total. The SMILES string of the molecule is CN1CCCN2CN=C(OCc3ccc(F)c(C(F)(F)F)c3)C=C12. The zero-order chi connectivity index (χ0) is 17.3. The third kappa shape index (κ3) is 3.47. The first-order valence-corrected chi connectivity index (χ1v) is 7.55. The van der Waals surface area contributed by atoms with Crippen LogP contribution in [0.4, 0.5) is 17.6 Å². The molecule has 4 nitrogen and oxygen atoms in total. The molecule has 0 bridgehead atoms. The highest BCUT2D eigenvalue weighted by atomic mass is 19.4. The smallest absolute Gasteiger partial charge is 0.419 e. The van der Waals surface area contributed by atoms with Gasteiger partial charge in [0.2, 0.25) is 5.90 Å². The van der Waals surface area contributed by atoms with Crippen molar-refractivity contribution >= 4 is 5.90 Å². The second-order valence-corrected chi connectivity index (χ2v) is 5.78. The summed E-state index contributed by atoms with van der Waals surface area (Å²) in [5.41, 5.74) is -1.05. The van der Waals surface area contributed by atoms with Gasteiger partial charge >= 0.3 is 6.18 Å². The Kier molecular flexibility index (Phi) is 4.38. The van der Waals surface area contributed by atoms with Crippen LogP contribution in [0.3, 0.4) is 0 Å². The molecular weight excluding hydrogens is 326 g/mol. The predicted molar refractivity (Wildman–Crippen MR) is 80.5 cm³/mol. The number of aliphatic imine (C=N–C) groups is 1. The van der Waals surface area contributed by atoms with E-state index >= 15 is 0 Å². The number of hydrogen-bond donors (Lipinski definition) is 0. The molecule has 0 saturated carbocycles. The summed E-state index contributed by atoms with van der Waals surface area (Å²) in [7, 11) is 1.97. The summed E-state index contributed by atoms with van der Waals surface area (Å²) in [6.07, 6.45) is -1.90. The lowest BCUT2D eigenvalue weighted by Crippen LogP contribution is -2.42. The number of hydrogen-bond acceptors (Lipinski definition) is 4. The van der Waals surface area contributed by atoms with E-state index in [0.29, 0.717) is 12.6 Å². The second-order valence-electron chi connectivity index (χ2n) is 5.78. The molecule has 0 radical (unpaired) electrons. The first-order valence-electron chi connectivity index (χ1n) is 7.55. The van der Waals surface area contributed by atoms with Crippen LogP contribution in [0.1, 0.15) is 17.5 Å². The minimum Gasteiger partial charge on any atom is -0.473 e. The van der Waals surface area contributed by atoms with Crippen molar-refractivity contribution in [2.24, 2.45) is 4.99 Å². The van der Waals surface area contributed by atoms with Crippen LogP contribution in [0.25, 0.3) is 0 Å². The highest BCUT2D eigenvalue weighted by Gasteiger charge is 2.34. The van der Waals surface area contributed by atoms with Crippen molar-refractivity contribution in [3.8, 4) is 0 Å². The van der Waals surface area contributed by atoms with E-state index in [9.17, 15) is 17.6 Å². The first-order chi connectivity index (χ1) is 11.3. The fraction of sp³-hybridized carbons (Fsp3) is 0.438. The van der Waals surface area contributed by atoms with Crippen LogP contribution >= 0.6 is 0 Å². The zero-order valence-corrected chi connectivity index (χ0v) is 13.1. The predicted octanol–water partition coefficient (Wildman–Crippen LogP) is 3.21. The van der Waals surface area contributed by atoms with Gasteiger partial charge in [0.1, 0.15) is 24.9 Å². The molecule has 1 aromatic carbocycles. The van der Waals surface area contributed by atoms with Crippen LogP contribution in [0, 0.1) is 5.82 Å². The molecule has 2 aliphatic rings. The highest BCUT2D eigenvalue weighted by molar-refractivity contribution is 5.88. The van der Waals surface area contributed by atoms with Crippen molar-refractivity contribution in [3.05, 3.63) is 47.0 Å². The fourth-order valence-electron chi connectivity index (χ4n) is 2.75. The molecule has 2 aliphatic heterocycles. The Morgan fingerprint density at radius 3 is 2.79 bits per heavy atom. The topological polar surface area (TPSA) is 28.1 Å². The highest BCUT2D eigenvalue weighted by Crippen LogP contribution is 2.32. The van der Waals surface area contributed by atoms with Crippen LogP contribution < -0.4 is 0 Å². The normalized spacial score (nSPS) is 18.0. The van der Waals surface area contributed by atoms with Gasteiger partial charge in [0.05, 0.1) is 5.56 Å². The van der Waals surface area contributed by atoms with E-state index in [1.807, 2.05) is 7.05 Å². The Bertz CT molecular complexity index is 684. The molecule has 1 saturated heterocycles. The van der Waals surface area contributed by atoms with E-state index in [0.717, 1.165) is 37.5 Å². The minimum absolute atomic E-state index is 0.102. The Balaban J connectivity index is 1.69. The summed E-state index contributed by atoms with van der Waals surface area (Å²) in [5.74, 6) is 0.0667. The van der Waals surface area contributed by atoms with Gasteiger partial charge in [-0.05, 0) is 24.1 Å². The van der Waals surface area contributed by atoms with Gasteiger partial charge in [-0.1, -0.05) is 6.07 Å². The van der Waals surface area contributed by atoms with Crippen molar-refractivity contribution in [3.63, 3.8) is 0 Å². The maximum Gasteiger partial charge on any atom is 0.419 e. The molecule has 3 rings (SSSR count). The number of alkyl halides is 3. The maximum absolute atomic E-state index is 13.3. The minimum atomic E-state index is -4.73. The van der Waals surface area contributed by atoms with E-state index < -0.39 is 17.6 Å². The molecule has 0 unspecified atom stereocenters. The number of rotatable bonds is 2. The number of ether oxygens (including phenoxy) is 1. The molecule has 0 spiro atoms. The maximum atomic E-state index is 13.3. The number of benzene rings is 1. The Morgan fingerprint density at radius 2 is 2.04 bits per heavy atom. The van der Waals surface area contributed by atoms with Crippen molar-refractivity contribution in [1.29, 1.82) is 0 Å². The average Bonchev–Trinajstić information content (AvgIpc) is 2.53. The Labute approximate surface area is 137 Å². The quantitative estimate of drug-likeness (QED) is 0.772. The van der Waals surface area contributed by atoms with E-state index in [1.54, 1.807) is 6.08 Å². The van der Waals surface area contributed by atoms with E-state index in [4.69, 9.17) is 4.74 Å². The lowest BCUT2D eigenvalue weighted by Gasteiger charge is -2.39. The summed E-state index contributed by atoms with van der Waals surface area (Å²) < 4.78 is 57.0. The van der Waals surface area contributed by atoms with E-state index in [2.05, 4.69) is 14.8 Å². The lowest BCUT2D eigenvalue weighted by molar-refractivity contribution is -0.140. The van der Waals surface area contributed by atoms with Gasteiger partial charge in [-0.3, -0.25) is 0 Å². The fourth-order valence-corrected chi connectivity index (χ4v) is 2.75. The molecule has 0 atom stereocenters. The summed E-state index contributed by atoms with van der Waals surface area (Å²) in [6, 6.07) is 2.85. The first kappa shape index (κ1) is 16.6. The molecule has 2 heterocycles. The summed E-state index contributed by atoms with van der Waals surface area (Å²) in [6.45, 7) is 2.21. The molecule has 0 aliphatic carbocycles. The van der Waals surface area contributed by atoms with E-state index in [1.165, 1.54) is 6.07 Å². The molecule has 0 aromatic heterocycles. The number of halogens is 4. The van der Waals surface area contributed by atoms with Crippen LogP contribution in [0.5, 0.6) is 0 Å². The monoisotopic (exact) mass is 343 g/mol. The molecule has 1 fully saturated rings. The van der Waals surface area contributed by atoms with Gasteiger partial charge < -0.3 is 14.5 Å². The van der Waals surface area contributed by atoms with Gasteiger partial charge in [-0.25, -0.2) is 9.38 Å². The molecule has 130 valence electrons. The van der Waals surface area contributed by atoms with Gasteiger partial charge in [0.25, 0.3) is 0 Å². The Hall–Kier alpha value is -2.25. The summed E-state index contributed by atoms with van der Waals surface area (Å²) >= 11 is 0. The standard InChI is InChI=1S/C16H17F4N3O/c1-22-5-2-6-23-10-21-14(8-15(22)23)24-9-11-3-4-13(17)12(7-11)16(18,19)20/h3-4,7-8H,2,5-6,9-10H2,1H3. The Morgan fingerprint density at radius 1 is 1.25 bits per heavy atom. The molecular formula is C16H17F4N3O. The van der Waals surface area contributed by atoms with Crippen molar-refractivity contribution in [1.82, 2.24) is 9.80 Å². The van der Waals surface area contributed by atoms with Crippen molar-refractivity contribution < 1.29 is 22.3 Å². The summed E-state index contributed by atoms with van der Waals surface area (Å²) in [5, 5.41) is 0. The van der Waals surface area contributed by atoms with Gasteiger partial charge in [-0.15, -0.1) is 0 Å². The molecule has 24 heavy (non-hydrogen) atoms. The number of nitrogens with zero attached hydrogens (tertiary/aromatic N) is 3. The molecule has 8 heteroatoms. The molecule has 0 amide bonds. The van der Waals surface area contributed by atoms with Crippen LogP contribution in [0.15, 0.2) is 35.1 Å². The second kappa shape index (κ2) is 6.33. The molecule has 1 aromatic rings. The van der Waals surface area contributed by atoms with Gasteiger partial charge in [-0.2, -0.15) is 13.2 Å². The van der Waals surface area contributed by atoms with Gasteiger partial charge in [0.15, 0.2) is 0 Å². The summed E-state index contributed by atoms with van der Waals surface area (Å²) in [4.78, 5) is 8.46. The third-order valence-corrected chi connectivity index (χ3v) is 4.01. The van der Waals surface area contributed by atoms with Crippen molar-refractivity contribution in [2.45, 2.75) is 19.2 Å². The third-order valence-electron chi connectivity index (χ3n) is 4.01. The van der Waals surface area contributed by atoms with Crippen LogP contribution in [0.2, 0.25) is 0 Å². The zero-order valence-electron chi connectivity index (χ0n) is 13.1. The number of fused-ring (bicyclic) bond motifs is 1. The largest absolute Gasteiger partial charge is 0.473 e. The van der Waals surface area contributed by atoms with Crippen LogP contribution in [-0.4, -0.2) is 42.5 Å². The van der Waals surface area contributed by atoms with Gasteiger partial charge in [0, 0.05) is 26.2 Å². The van der Waals surface area contributed by atoms with E-state index in [-0.39, 0.29) is 12.2 Å². The van der Waals surface area contributed by atoms with Crippen LogP contribution in [-0.2, 0) is 17.5 Å². The van der Waals surface area contributed by atoms with Crippen molar-refractivity contribution in [2.75, 3.05) is 26.8 Å². The lowest BCUT2D eigenvalue weighted by atomic mass is 10.1. The average molecular weight is 343 g/mol.